The molecule has 0 radical (unpaired) electrons. The Morgan fingerprint density at radius 2 is 1.91 bits per heavy atom. The summed E-state index contributed by atoms with van der Waals surface area (Å²) in [5, 5.41) is 18.8. The number of aliphatic hydroxyl groups is 1. The maximum Gasteiger partial charge on any atom is 0.331 e. The van der Waals surface area contributed by atoms with Gasteiger partial charge in [-0.1, -0.05) is 36.0 Å². The van der Waals surface area contributed by atoms with Crippen molar-refractivity contribution in [1.29, 1.82) is 0 Å². The third-order valence-electron chi connectivity index (χ3n) is 4.52. The Morgan fingerprint density at radius 3 is 2.52 bits per heavy atom. The molecule has 0 aromatic rings. The van der Waals surface area contributed by atoms with Gasteiger partial charge in [-0.3, -0.25) is 0 Å². The minimum absolute atomic E-state index is 0.0455. The maximum absolute atomic E-state index is 11.3. The Bertz CT molecular complexity index is 509. The van der Waals surface area contributed by atoms with Gasteiger partial charge in [0.15, 0.2) is 0 Å². The molecular formula is C20H30O3. The zero-order valence-corrected chi connectivity index (χ0v) is 14.5. The molecule has 23 heavy (non-hydrogen) atoms. The summed E-state index contributed by atoms with van der Waals surface area (Å²) in [6.45, 7) is 8.32. The molecule has 0 aromatic heterocycles. The van der Waals surface area contributed by atoms with Gasteiger partial charge in [-0.25, -0.2) is 4.79 Å². The van der Waals surface area contributed by atoms with Crippen molar-refractivity contribution in [2.75, 3.05) is 6.61 Å². The van der Waals surface area contributed by atoms with Gasteiger partial charge in [0.25, 0.3) is 0 Å². The van der Waals surface area contributed by atoms with Crippen LogP contribution in [-0.4, -0.2) is 22.8 Å². The first-order valence-electron chi connectivity index (χ1n) is 8.46. The smallest absolute Gasteiger partial charge is 0.331 e. The summed E-state index contributed by atoms with van der Waals surface area (Å²) in [6, 6.07) is 0. The topological polar surface area (TPSA) is 57.5 Å². The summed E-state index contributed by atoms with van der Waals surface area (Å²) in [7, 11) is 0. The summed E-state index contributed by atoms with van der Waals surface area (Å²) in [5.41, 5.74) is 3.96. The monoisotopic (exact) mass is 318 g/mol. The highest BCUT2D eigenvalue weighted by Gasteiger charge is 2.11. The third-order valence-corrected chi connectivity index (χ3v) is 4.52. The first-order chi connectivity index (χ1) is 10.9. The zero-order valence-electron chi connectivity index (χ0n) is 14.5. The van der Waals surface area contributed by atoms with Crippen LogP contribution in [0.4, 0.5) is 0 Å². The molecule has 0 heterocycles. The molecule has 0 aromatic carbocycles. The molecule has 1 aliphatic carbocycles. The second-order valence-corrected chi connectivity index (χ2v) is 6.50. The number of hydrogen-bond acceptors (Lipinski definition) is 2. The molecule has 0 fully saturated rings. The largest absolute Gasteiger partial charge is 0.478 e. The normalized spacial score (nSPS) is 28.3. The zero-order chi connectivity index (χ0) is 17.2. The Morgan fingerprint density at radius 1 is 1.22 bits per heavy atom. The molecule has 1 rings (SSSR count). The van der Waals surface area contributed by atoms with E-state index >= 15 is 0 Å². The number of allylic oxidation sites excluding steroid dienone is 5. The molecule has 3 heteroatoms. The summed E-state index contributed by atoms with van der Waals surface area (Å²) in [5.74, 6) is -0.395. The minimum atomic E-state index is -0.833. The van der Waals surface area contributed by atoms with Gasteiger partial charge < -0.3 is 10.2 Å². The highest BCUT2D eigenvalue weighted by Crippen LogP contribution is 2.24. The molecule has 3 nitrogen and oxygen atoms in total. The molecule has 0 saturated carbocycles. The van der Waals surface area contributed by atoms with Gasteiger partial charge in [-0.05, 0) is 70.3 Å². The lowest BCUT2D eigenvalue weighted by molar-refractivity contribution is -0.132. The lowest BCUT2D eigenvalue weighted by Crippen LogP contribution is -2.04. The fourth-order valence-corrected chi connectivity index (χ4v) is 2.82. The first kappa shape index (κ1) is 19.4. The molecule has 0 bridgehead atoms. The highest BCUT2D eigenvalue weighted by atomic mass is 16.4. The Balaban J connectivity index is 2.93. The summed E-state index contributed by atoms with van der Waals surface area (Å²) >= 11 is 0. The maximum atomic E-state index is 11.3. The lowest BCUT2D eigenvalue weighted by atomic mass is 9.89. The average molecular weight is 318 g/mol. The fourth-order valence-electron chi connectivity index (χ4n) is 2.82. The van der Waals surface area contributed by atoms with Crippen molar-refractivity contribution in [2.24, 2.45) is 5.92 Å². The van der Waals surface area contributed by atoms with Gasteiger partial charge >= 0.3 is 5.97 Å². The van der Waals surface area contributed by atoms with Gasteiger partial charge in [0.05, 0.1) is 6.61 Å². The molecule has 0 unspecified atom stereocenters. The van der Waals surface area contributed by atoms with Crippen LogP contribution in [0.3, 0.4) is 0 Å². The van der Waals surface area contributed by atoms with Crippen LogP contribution in [0.2, 0.25) is 0 Å². The number of aliphatic carboxylic acids is 1. The van der Waals surface area contributed by atoms with Crippen LogP contribution in [0, 0.1) is 5.92 Å². The molecule has 128 valence electrons. The number of aliphatic hydroxyl groups excluding tert-OH is 1. The number of hydrogen-bond donors (Lipinski definition) is 2. The molecule has 0 aliphatic heterocycles. The molecule has 1 aliphatic rings. The van der Waals surface area contributed by atoms with Gasteiger partial charge in [-0.2, -0.15) is 0 Å². The van der Waals surface area contributed by atoms with E-state index in [4.69, 9.17) is 0 Å². The average Bonchev–Trinajstić information content (AvgIpc) is 2.50. The van der Waals surface area contributed by atoms with Crippen molar-refractivity contribution in [3.63, 3.8) is 0 Å². The van der Waals surface area contributed by atoms with Crippen LogP contribution in [-0.2, 0) is 4.79 Å². The van der Waals surface area contributed by atoms with Gasteiger partial charge in [-0.15, -0.1) is 0 Å². The summed E-state index contributed by atoms with van der Waals surface area (Å²) < 4.78 is 0. The van der Waals surface area contributed by atoms with Gasteiger partial charge in [0.2, 0.25) is 0 Å². The van der Waals surface area contributed by atoms with Gasteiger partial charge in [0, 0.05) is 5.57 Å². The van der Waals surface area contributed by atoms with Crippen LogP contribution >= 0.6 is 0 Å². The van der Waals surface area contributed by atoms with E-state index in [0.717, 1.165) is 37.7 Å². The molecule has 0 spiro atoms. The molecule has 0 saturated heterocycles. The molecule has 2 N–H and O–H groups in total. The number of carbonyl (C=O) groups is 1. The summed E-state index contributed by atoms with van der Waals surface area (Å²) in [6.07, 6.45) is 11.7. The van der Waals surface area contributed by atoms with Crippen molar-refractivity contribution in [1.82, 2.24) is 0 Å². The van der Waals surface area contributed by atoms with E-state index in [2.05, 4.69) is 26.5 Å². The van der Waals surface area contributed by atoms with E-state index in [1.54, 1.807) is 0 Å². The van der Waals surface area contributed by atoms with Crippen molar-refractivity contribution < 1.29 is 15.0 Å². The molecular weight excluding hydrogens is 288 g/mol. The van der Waals surface area contributed by atoms with E-state index in [0.29, 0.717) is 24.3 Å². The quantitative estimate of drug-likeness (QED) is 0.735. The number of carboxylic acids is 1. The van der Waals surface area contributed by atoms with Crippen LogP contribution in [0.25, 0.3) is 0 Å². The fraction of sp³-hybridized carbons (Fsp3) is 0.550. The number of rotatable bonds is 3. The van der Waals surface area contributed by atoms with Crippen LogP contribution < -0.4 is 0 Å². The van der Waals surface area contributed by atoms with Crippen molar-refractivity contribution in [2.45, 2.75) is 58.8 Å². The van der Waals surface area contributed by atoms with E-state index in [9.17, 15) is 15.0 Å². The van der Waals surface area contributed by atoms with Crippen molar-refractivity contribution >= 4 is 5.97 Å². The third kappa shape index (κ3) is 7.47. The number of carboxylic acid groups (broad SMARTS) is 1. The minimum Gasteiger partial charge on any atom is -0.478 e. The Labute approximate surface area is 140 Å². The highest BCUT2D eigenvalue weighted by molar-refractivity contribution is 5.86. The standard InChI is InChI=1S/C20H30O3/c1-15(2)18-12-10-16(3)6-4-8-19(20(22)23)9-5-7-17(14-21)11-13-18/h7-8,10,18,21H,1,4-6,9,11-14H2,2-3H3,(H,22,23)/b16-10+,17-7+,19-8+/t18-/m0/s1. The molecule has 0 amide bonds. The van der Waals surface area contributed by atoms with Crippen LogP contribution in [0.1, 0.15) is 58.8 Å². The van der Waals surface area contributed by atoms with Crippen molar-refractivity contribution in [3.05, 3.63) is 47.1 Å². The second kappa shape index (κ2) is 10.2. The Hall–Kier alpha value is -1.61. The first-order valence-corrected chi connectivity index (χ1v) is 8.46. The van der Waals surface area contributed by atoms with E-state index in [1.807, 2.05) is 12.2 Å². The summed E-state index contributed by atoms with van der Waals surface area (Å²) in [4.78, 5) is 11.3. The predicted octanol–water partition coefficient (Wildman–Crippen LogP) is 4.80. The van der Waals surface area contributed by atoms with E-state index in [1.165, 1.54) is 11.1 Å². The SMILES string of the molecule is C=C(C)[C@H]1C/C=C(\C)CC/C=C(/C(=O)O)CC/C=C(/CO)CC1. The van der Waals surface area contributed by atoms with E-state index in [-0.39, 0.29) is 6.61 Å². The van der Waals surface area contributed by atoms with Gasteiger partial charge in [0.1, 0.15) is 0 Å². The predicted molar refractivity (Wildman–Crippen MR) is 95.3 cm³/mol. The van der Waals surface area contributed by atoms with Crippen LogP contribution in [0.15, 0.2) is 47.1 Å². The van der Waals surface area contributed by atoms with E-state index < -0.39 is 5.97 Å². The van der Waals surface area contributed by atoms with Crippen molar-refractivity contribution in [3.8, 4) is 0 Å². The van der Waals surface area contributed by atoms with Crippen LogP contribution in [0.5, 0.6) is 0 Å². The second-order valence-electron chi connectivity index (χ2n) is 6.50. The molecule has 1 atom stereocenters. The Kier molecular flexibility index (Phi) is 8.64. The lowest BCUT2D eigenvalue weighted by Gasteiger charge is -2.17.